The van der Waals surface area contributed by atoms with Crippen LogP contribution in [-0.2, 0) is 0 Å². The summed E-state index contributed by atoms with van der Waals surface area (Å²) in [6.45, 7) is 6.76. The Bertz CT molecular complexity index is 331. The van der Waals surface area contributed by atoms with Crippen LogP contribution in [0.1, 0.15) is 6.92 Å². The van der Waals surface area contributed by atoms with E-state index in [-0.39, 0.29) is 0 Å². The maximum Gasteiger partial charge on any atom is 0.161 e. The van der Waals surface area contributed by atoms with Gasteiger partial charge in [-0.1, -0.05) is 19.1 Å². The molecule has 0 aromatic heterocycles. The number of ether oxygens (including phenoxy) is 2. The summed E-state index contributed by atoms with van der Waals surface area (Å²) >= 11 is 0. The first-order valence-corrected chi connectivity index (χ1v) is 6.43. The van der Waals surface area contributed by atoms with Crippen LogP contribution in [0.5, 0.6) is 11.5 Å². The van der Waals surface area contributed by atoms with E-state index in [1.807, 2.05) is 24.3 Å². The van der Waals surface area contributed by atoms with Gasteiger partial charge in [0.25, 0.3) is 0 Å². The number of para-hydroxylation sites is 2. The molecule has 0 aliphatic rings. The second-order valence-corrected chi connectivity index (χ2v) is 4.16. The average molecular weight is 252 g/mol. The minimum atomic E-state index is 0.670. The highest BCUT2D eigenvalue weighted by atomic mass is 16.5. The van der Waals surface area contributed by atoms with Gasteiger partial charge in [-0.15, -0.1) is 0 Å². The molecule has 0 spiro atoms. The maximum atomic E-state index is 5.72. The second kappa shape index (κ2) is 8.78. The minimum Gasteiger partial charge on any atom is -0.493 e. The molecule has 4 heteroatoms. The van der Waals surface area contributed by atoms with E-state index in [1.54, 1.807) is 7.11 Å². The fourth-order valence-corrected chi connectivity index (χ4v) is 1.61. The first-order chi connectivity index (χ1) is 8.77. The molecule has 1 N–H and O–H groups in total. The number of benzene rings is 1. The number of nitrogens with zero attached hydrogens (tertiary/aromatic N) is 1. The van der Waals surface area contributed by atoms with E-state index in [0.717, 1.165) is 37.7 Å². The molecular weight excluding hydrogens is 228 g/mol. The molecule has 18 heavy (non-hydrogen) atoms. The Balaban J connectivity index is 2.24. The van der Waals surface area contributed by atoms with Gasteiger partial charge >= 0.3 is 0 Å². The van der Waals surface area contributed by atoms with Crippen molar-refractivity contribution in [3.63, 3.8) is 0 Å². The van der Waals surface area contributed by atoms with Crippen molar-refractivity contribution < 1.29 is 9.47 Å². The van der Waals surface area contributed by atoms with Gasteiger partial charge in [0, 0.05) is 19.6 Å². The highest BCUT2D eigenvalue weighted by molar-refractivity contribution is 5.39. The first-order valence-electron chi connectivity index (χ1n) is 6.43. The summed E-state index contributed by atoms with van der Waals surface area (Å²) in [5.41, 5.74) is 0. The predicted octanol–water partition coefficient (Wildman–Crippen LogP) is 1.62. The number of nitrogens with one attached hydrogen (secondary N) is 1. The van der Waals surface area contributed by atoms with Crippen LogP contribution in [0.4, 0.5) is 0 Å². The lowest BCUT2D eigenvalue weighted by molar-refractivity contribution is 0.230. The molecular formula is C14H24N2O2. The summed E-state index contributed by atoms with van der Waals surface area (Å²) in [6.07, 6.45) is 0. The van der Waals surface area contributed by atoms with Crippen LogP contribution in [0.25, 0.3) is 0 Å². The highest BCUT2D eigenvalue weighted by Gasteiger charge is 2.03. The molecule has 0 atom stereocenters. The van der Waals surface area contributed by atoms with Crippen LogP contribution in [-0.4, -0.2) is 51.8 Å². The van der Waals surface area contributed by atoms with Crippen molar-refractivity contribution in [1.82, 2.24) is 10.2 Å². The maximum absolute atomic E-state index is 5.72. The molecule has 1 aromatic rings. The predicted molar refractivity (Wildman–Crippen MR) is 74.5 cm³/mol. The van der Waals surface area contributed by atoms with Gasteiger partial charge in [-0.2, -0.15) is 0 Å². The summed E-state index contributed by atoms with van der Waals surface area (Å²) < 4.78 is 11.0. The number of methoxy groups -OCH3 is 1. The second-order valence-electron chi connectivity index (χ2n) is 4.16. The van der Waals surface area contributed by atoms with E-state index < -0.39 is 0 Å². The van der Waals surface area contributed by atoms with E-state index in [1.165, 1.54) is 0 Å². The number of likely N-dealkylation sites (N-methyl/N-ethyl adjacent to an activating group) is 2. The summed E-state index contributed by atoms with van der Waals surface area (Å²) in [4.78, 5) is 2.25. The van der Waals surface area contributed by atoms with Crippen LogP contribution >= 0.6 is 0 Å². The number of hydrogen-bond acceptors (Lipinski definition) is 4. The molecule has 0 radical (unpaired) electrons. The van der Waals surface area contributed by atoms with E-state index in [4.69, 9.17) is 9.47 Å². The Morgan fingerprint density at radius 2 is 1.89 bits per heavy atom. The third-order valence-corrected chi connectivity index (χ3v) is 2.72. The largest absolute Gasteiger partial charge is 0.493 e. The van der Waals surface area contributed by atoms with E-state index in [9.17, 15) is 0 Å². The molecule has 0 saturated heterocycles. The van der Waals surface area contributed by atoms with Crippen LogP contribution in [0.15, 0.2) is 24.3 Å². The van der Waals surface area contributed by atoms with Crippen molar-refractivity contribution in [2.75, 3.05) is 46.9 Å². The molecule has 4 nitrogen and oxygen atoms in total. The fourth-order valence-electron chi connectivity index (χ4n) is 1.61. The van der Waals surface area contributed by atoms with Gasteiger partial charge in [-0.25, -0.2) is 0 Å². The number of rotatable bonds is 9. The molecule has 0 amide bonds. The van der Waals surface area contributed by atoms with Crippen molar-refractivity contribution in [2.24, 2.45) is 0 Å². The Morgan fingerprint density at radius 3 is 2.56 bits per heavy atom. The zero-order chi connectivity index (χ0) is 13.2. The third kappa shape index (κ3) is 5.38. The SMILES string of the molecule is CCNCCN(C)CCOc1ccccc1OC. The van der Waals surface area contributed by atoms with E-state index in [0.29, 0.717) is 6.61 Å². The summed E-state index contributed by atoms with van der Waals surface area (Å²) in [7, 11) is 3.76. The molecule has 0 bridgehead atoms. The molecule has 0 saturated carbocycles. The standard InChI is InChI=1S/C14H24N2O2/c1-4-15-9-10-16(2)11-12-18-14-8-6-5-7-13(14)17-3/h5-8,15H,4,9-12H2,1-3H3. The third-order valence-electron chi connectivity index (χ3n) is 2.72. The summed E-state index contributed by atoms with van der Waals surface area (Å²) in [5.74, 6) is 1.59. The minimum absolute atomic E-state index is 0.670. The monoisotopic (exact) mass is 252 g/mol. The van der Waals surface area contributed by atoms with Crippen LogP contribution in [0, 0.1) is 0 Å². The molecule has 0 aliphatic carbocycles. The van der Waals surface area contributed by atoms with Gasteiger partial charge < -0.3 is 19.7 Å². The van der Waals surface area contributed by atoms with Crippen LogP contribution in [0.2, 0.25) is 0 Å². The van der Waals surface area contributed by atoms with Crippen molar-refractivity contribution >= 4 is 0 Å². The Labute approximate surface area is 110 Å². The lowest BCUT2D eigenvalue weighted by atomic mass is 10.3. The Hall–Kier alpha value is -1.26. The topological polar surface area (TPSA) is 33.7 Å². The Morgan fingerprint density at radius 1 is 1.17 bits per heavy atom. The van der Waals surface area contributed by atoms with Crippen molar-refractivity contribution in [3.05, 3.63) is 24.3 Å². The fraction of sp³-hybridized carbons (Fsp3) is 0.571. The average Bonchev–Trinajstić information content (AvgIpc) is 2.39. The van der Waals surface area contributed by atoms with Gasteiger partial charge in [-0.05, 0) is 25.7 Å². The van der Waals surface area contributed by atoms with Crippen molar-refractivity contribution in [2.45, 2.75) is 6.92 Å². The van der Waals surface area contributed by atoms with Gasteiger partial charge in [-0.3, -0.25) is 0 Å². The lowest BCUT2D eigenvalue weighted by Crippen LogP contribution is -2.32. The smallest absolute Gasteiger partial charge is 0.161 e. The van der Waals surface area contributed by atoms with E-state index in [2.05, 4.69) is 24.2 Å². The van der Waals surface area contributed by atoms with Gasteiger partial charge in [0.1, 0.15) is 6.61 Å². The van der Waals surface area contributed by atoms with Gasteiger partial charge in [0.2, 0.25) is 0 Å². The molecule has 0 unspecified atom stereocenters. The van der Waals surface area contributed by atoms with Gasteiger partial charge in [0.05, 0.1) is 7.11 Å². The van der Waals surface area contributed by atoms with Crippen LogP contribution in [0.3, 0.4) is 0 Å². The zero-order valence-electron chi connectivity index (χ0n) is 11.6. The van der Waals surface area contributed by atoms with Crippen LogP contribution < -0.4 is 14.8 Å². The zero-order valence-corrected chi connectivity index (χ0v) is 11.6. The number of hydrogen-bond donors (Lipinski definition) is 1. The molecule has 0 fully saturated rings. The summed E-state index contributed by atoms with van der Waals surface area (Å²) in [5, 5.41) is 3.30. The summed E-state index contributed by atoms with van der Waals surface area (Å²) in [6, 6.07) is 7.72. The first kappa shape index (κ1) is 14.8. The molecule has 1 aromatic carbocycles. The quantitative estimate of drug-likeness (QED) is 0.677. The normalized spacial score (nSPS) is 10.7. The van der Waals surface area contributed by atoms with E-state index >= 15 is 0 Å². The molecule has 0 aliphatic heterocycles. The molecule has 0 heterocycles. The highest BCUT2D eigenvalue weighted by Crippen LogP contribution is 2.25. The Kier molecular flexibility index (Phi) is 7.22. The van der Waals surface area contributed by atoms with Gasteiger partial charge in [0.15, 0.2) is 11.5 Å². The molecule has 1 rings (SSSR count). The van der Waals surface area contributed by atoms with Crippen molar-refractivity contribution in [1.29, 1.82) is 0 Å². The lowest BCUT2D eigenvalue weighted by Gasteiger charge is -2.17. The molecule has 102 valence electrons. The van der Waals surface area contributed by atoms with Crippen molar-refractivity contribution in [3.8, 4) is 11.5 Å².